The SMILES string of the molecule is CC(C)Oc1ccccc1C(=O)c1ccc(Cl)cn1. The number of pyridine rings is 1. The molecule has 0 N–H and O–H groups in total. The van der Waals surface area contributed by atoms with Gasteiger partial charge in [-0.25, -0.2) is 0 Å². The van der Waals surface area contributed by atoms with Gasteiger partial charge in [0.25, 0.3) is 0 Å². The molecule has 2 rings (SSSR count). The summed E-state index contributed by atoms with van der Waals surface area (Å²) in [6.45, 7) is 3.84. The number of rotatable bonds is 4. The molecule has 4 heteroatoms. The van der Waals surface area contributed by atoms with E-state index in [2.05, 4.69) is 4.98 Å². The number of hydrogen-bond donors (Lipinski definition) is 0. The van der Waals surface area contributed by atoms with Gasteiger partial charge in [-0.15, -0.1) is 0 Å². The van der Waals surface area contributed by atoms with Gasteiger partial charge in [0.1, 0.15) is 11.4 Å². The minimum atomic E-state index is -0.173. The van der Waals surface area contributed by atoms with Crippen LogP contribution < -0.4 is 4.74 Å². The number of aromatic nitrogens is 1. The fraction of sp³-hybridized carbons (Fsp3) is 0.200. The van der Waals surface area contributed by atoms with Crippen molar-refractivity contribution >= 4 is 17.4 Å². The molecule has 2 aromatic rings. The van der Waals surface area contributed by atoms with E-state index in [9.17, 15) is 4.79 Å². The summed E-state index contributed by atoms with van der Waals surface area (Å²) in [5.74, 6) is 0.396. The third kappa shape index (κ3) is 3.32. The number of carbonyl (C=O) groups excluding carboxylic acids is 1. The van der Waals surface area contributed by atoms with Gasteiger partial charge in [0.15, 0.2) is 0 Å². The van der Waals surface area contributed by atoms with Crippen LogP contribution in [0.5, 0.6) is 5.75 Å². The summed E-state index contributed by atoms with van der Waals surface area (Å²) < 4.78 is 5.64. The third-order valence-corrected chi connectivity index (χ3v) is 2.68. The van der Waals surface area contributed by atoms with Crippen molar-refractivity contribution in [1.82, 2.24) is 4.98 Å². The molecule has 98 valence electrons. The molecule has 1 aromatic heterocycles. The van der Waals surface area contributed by atoms with Gasteiger partial charge < -0.3 is 4.74 Å². The smallest absolute Gasteiger partial charge is 0.215 e. The molecule has 0 amide bonds. The molecule has 0 fully saturated rings. The molecule has 1 heterocycles. The summed E-state index contributed by atoms with van der Waals surface area (Å²) >= 11 is 5.76. The Labute approximate surface area is 117 Å². The van der Waals surface area contributed by atoms with Gasteiger partial charge in [-0.3, -0.25) is 9.78 Å². The lowest BCUT2D eigenvalue weighted by Crippen LogP contribution is -2.11. The molecular formula is C15H14ClNO2. The van der Waals surface area contributed by atoms with Gasteiger partial charge in [0.2, 0.25) is 5.78 Å². The van der Waals surface area contributed by atoms with Crippen molar-refractivity contribution in [2.75, 3.05) is 0 Å². The number of hydrogen-bond acceptors (Lipinski definition) is 3. The maximum Gasteiger partial charge on any atom is 0.215 e. The van der Waals surface area contributed by atoms with Crippen LogP contribution in [0.3, 0.4) is 0 Å². The van der Waals surface area contributed by atoms with E-state index in [1.54, 1.807) is 30.3 Å². The molecule has 0 saturated carbocycles. The van der Waals surface area contributed by atoms with E-state index in [-0.39, 0.29) is 11.9 Å². The highest BCUT2D eigenvalue weighted by Crippen LogP contribution is 2.22. The van der Waals surface area contributed by atoms with Crippen LogP contribution in [0, 0.1) is 0 Å². The highest BCUT2D eigenvalue weighted by atomic mass is 35.5. The van der Waals surface area contributed by atoms with Gasteiger partial charge >= 0.3 is 0 Å². The number of ketones is 1. The Morgan fingerprint density at radius 1 is 1.21 bits per heavy atom. The summed E-state index contributed by atoms with van der Waals surface area (Å²) in [7, 11) is 0. The van der Waals surface area contributed by atoms with Gasteiger partial charge in [0, 0.05) is 6.20 Å². The Morgan fingerprint density at radius 2 is 1.95 bits per heavy atom. The monoisotopic (exact) mass is 275 g/mol. The molecule has 0 aliphatic rings. The fourth-order valence-corrected chi connectivity index (χ4v) is 1.77. The third-order valence-electron chi connectivity index (χ3n) is 2.45. The normalized spacial score (nSPS) is 10.5. The summed E-state index contributed by atoms with van der Waals surface area (Å²) in [6.07, 6.45) is 1.47. The second kappa shape index (κ2) is 5.85. The Balaban J connectivity index is 2.35. The predicted molar refractivity (Wildman–Crippen MR) is 74.9 cm³/mol. The number of halogens is 1. The zero-order valence-corrected chi connectivity index (χ0v) is 11.5. The molecule has 0 spiro atoms. The summed E-state index contributed by atoms with van der Waals surface area (Å²) in [4.78, 5) is 16.4. The molecular weight excluding hydrogens is 262 g/mol. The molecule has 0 bridgehead atoms. The second-order valence-corrected chi connectivity index (χ2v) is 4.79. The van der Waals surface area contributed by atoms with E-state index in [4.69, 9.17) is 16.3 Å². The van der Waals surface area contributed by atoms with E-state index in [0.29, 0.717) is 22.0 Å². The number of benzene rings is 1. The van der Waals surface area contributed by atoms with Gasteiger partial charge in [-0.1, -0.05) is 23.7 Å². The maximum atomic E-state index is 12.4. The van der Waals surface area contributed by atoms with E-state index < -0.39 is 0 Å². The Kier molecular flexibility index (Phi) is 4.17. The standard InChI is InChI=1S/C15H14ClNO2/c1-10(2)19-14-6-4-3-5-12(14)15(18)13-8-7-11(16)9-17-13/h3-10H,1-2H3. The van der Waals surface area contributed by atoms with Crippen molar-refractivity contribution in [2.24, 2.45) is 0 Å². The lowest BCUT2D eigenvalue weighted by atomic mass is 10.1. The molecule has 1 aromatic carbocycles. The average molecular weight is 276 g/mol. The van der Waals surface area contributed by atoms with Crippen LogP contribution in [0.4, 0.5) is 0 Å². The Bertz CT molecular complexity index is 579. The molecule has 0 unspecified atom stereocenters. The molecule has 19 heavy (non-hydrogen) atoms. The van der Waals surface area contributed by atoms with Crippen molar-refractivity contribution in [1.29, 1.82) is 0 Å². The molecule has 0 radical (unpaired) electrons. The summed E-state index contributed by atoms with van der Waals surface area (Å²) in [6, 6.07) is 10.4. The first kappa shape index (κ1) is 13.6. The average Bonchev–Trinajstić information content (AvgIpc) is 2.39. The first-order valence-corrected chi connectivity index (χ1v) is 6.37. The van der Waals surface area contributed by atoms with Gasteiger partial charge in [-0.05, 0) is 38.1 Å². The van der Waals surface area contributed by atoms with Crippen LogP contribution in [0.25, 0.3) is 0 Å². The van der Waals surface area contributed by atoms with E-state index in [0.717, 1.165) is 0 Å². The number of nitrogens with zero attached hydrogens (tertiary/aromatic N) is 1. The zero-order chi connectivity index (χ0) is 13.8. The Hall–Kier alpha value is -1.87. The van der Waals surface area contributed by atoms with Crippen molar-refractivity contribution in [2.45, 2.75) is 20.0 Å². The summed E-state index contributed by atoms with van der Waals surface area (Å²) in [5.41, 5.74) is 0.857. The van der Waals surface area contributed by atoms with Crippen molar-refractivity contribution < 1.29 is 9.53 Å². The molecule has 3 nitrogen and oxygen atoms in total. The largest absolute Gasteiger partial charge is 0.490 e. The first-order chi connectivity index (χ1) is 9.08. The minimum Gasteiger partial charge on any atom is -0.490 e. The zero-order valence-electron chi connectivity index (χ0n) is 10.8. The van der Waals surface area contributed by atoms with Crippen molar-refractivity contribution in [3.8, 4) is 5.75 Å². The predicted octanol–water partition coefficient (Wildman–Crippen LogP) is 3.75. The topological polar surface area (TPSA) is 39.2 Å². The fourth-order valence-electron chi connectivity index (χ4n) is 1.66. The molecule has 0 aliphatic carbocycles. The van der Waals surface area contributed by atoms with Crippen LogP contribution in [0.1, 0.15) is 29.9 Å². The lowest BCUT2D eigenvalue weighted by molar-refractivity contribution is 0.102. The van der Waals surface area contributed by atoms with Crippen molar-refractivity contribution in [3.05, 3.63) is 58.9 Å². The lowest BCUT2D eigenvalue weighted by Gasteiger charge is -2.13. The summed E-state index contributed by atoms with van der Waals surface area (Å²) in [5, 5.41) is 0.503. The van der Waals surface area contributed by atoms with Crippen LogP contribution in [-0.4, -0.2) is 16.9 Å². The number of carbonyl (C=O) groups is 1. The minimum absolute atomic E-state index is 0.00660. The van der Waals surface area contributed by atoms with Crippen LogP contribution in [0.2, 0.25) is 5.02 Å². The molecule has 0 aliphatic heterocycles. The van der Waals surface area contributed by atoms with Crippen LogP contribution in [-0.2, 0) is 0 Å². The highest BCUT2D eigenvalue weighted by molar-refractivity contribution is 6.30. The van der Waals surface area contributed by atoms with Crippen LogP contribution >= 0.6 is 11.6 Å². The second-order valence-electron chi connectivity index (χ2n) is 4.35. The number of ether oxygens (including phenoxy) is 1. The van der Waals surface area contributed by atoms with Gasteiger partial charge in [0.05, 0.1) is 16.7 Å². The van der Waals surface area contributed by atoms with E-state index in [1.165, 1.54) is 6.20 Å². The van der Waals surface area contributed by atoms with E-state index >= 15 is 0 Å². The van der Waals surface area contributed by atoms with E-state index in [1.807, 2.05) is 19.9 Å². The maximum absolute atomic E-state index is 12.4. The first-order valence-electron chi connectivity index (χ1n) is 6.00. The molecule has 0 saturated heterocycles. The van der Waals surface area contributed by atoms with Crippen LogP contribution in [0.15, 0.2) is 42.6 Å². The quantitative estimate of drug-likeness (QED) is 0.798. The number of para-hydroxylation sites is 1. The molecule has 0 atom stereocenters. The van der Waals surface area contributed by atoms with Gasteiger partial charge in [-0.2, -0.15) is 0 Å². The Morgan fingerprint density at radius 3 is 2.58 bits per heavy atom. The highest BCUT2D eigenvalue weighted by Gasteiger charge is 2.16. The van der Waals surface area contributed by atoms with Crippen molar-refractivity contribution in [3.63, 3.8) is 0 Å².